The number of aliphatic hydroxyl groups is 1. The van der Waals surface area contributed by atoms with Crippen molar-refractivity contribution in [3.8, 4) is 0 Å². The zero-order valence-corrected chi connectivity index (χ0v) is 61.6. The molecular weight excluding hydrogens is 1210 g/mol. The predicted molar refractivity (Wildman–Crippen MR) is 372 cm³/mol. The van der Waals surface area contributed by atoms with Gasteiger partial charge < -0.3 is 33.8 Å². The maximum absolute atomic E-state index is 13.1. The summed E-state index contributed by atoms with van der Waals surface area (Å²) >= 11 is 0. The molecule has 0 heterocycles. The summed E-state index contributed by atoms with van der Waals surface area (Å²) in [5.41, 5.74) is 0. The van der Waals surface area contributed by atoms with Crippen LogP contribution in [0, 0.1) is 11.8 Å². The molecule has 0 amide bonds. The zero-order valence-electron chi connectivity index (χ0n) is 59.9. The summed E-state index contributed by atoms with van der Waals surface area (Å²) in [4.78, 5) is 72.7. The third-order valence-electron chi connectivity index (χ3n) is 17.0. The van der Waals surface area contributed by atoms with E-state index in [2.05, 4.69) is 41.5 Å². The smallest absolute Gasteiger partial charge is 0.462 e. The Hall–Kier alpha value is -1.94. The molecule has 0 fully saturated rings. The van der Waals surface area contributed by atoms with Gasteiger partial charge in [0, 0.05) is 25.7 Å². The SMILES string of the molecule is CCCCCCCCCCCCCCC(=O)O[C@H](COC(=O)CCCCCCCCCCCCC)COP(=O)(O)OC[C@H](O)COP(=O)(O)OC[C@@H](COC(=O)CCCCCCCCCCCCC(C)C)OC(=O)CCCCCCCCCCCCCCCC(C)C. The van der Waals surface area contributed by atoms with E-state index in [-0.39, 0.29) is 25.7 Å². The predicted octanol–water partition coefficient (Wildman–Crippen LogP) is 21.2. The quantitative estimate of drug-likeness (QED) is 0.0222. The lowest BCUT2D eigenvalue weighted by Gasteiger charge is -2.21. The van der Waals surface area contributed by atoms with Crippen LogP contribution >= 0.6 is 15.6 Å². The average Bonchev–Trinajstić information content (AvgIpc) is 1.67. The Kier molecular flexibility index (Phi) is 63.7. The van der Waals surface area contributed by atoms with Crippen molar-refractivity contribution in [3.63, 3.8) is 0 Å². The van der Waals surface area contributed by atoms with Crippen LogP contribution in [0.3, 0.4) is 0 Å². The van der Waals surface area contributed by atoms with Crippen molar-refractivity contribution in [3.05, 3.63) is 0 Å². The lowest BCUT2D eigenvalue weighted by Crippen LogP contribution is -2.30. The first-order valence-electron chi connectivity index (χ1n) is 38.0. The van der Waals surface area contributed by atoms with E-state index in [1.807, 2.05) is 0 Å². The highest BCUT2D eigenvalue weighted by molar-refractivity contribution is 7.47. The molecule has 0 aromatic heterocycles. The van der Waals surface area contributed by atoms with Crippen molar-refractivity contribution in [1.29, 1.82) is 0 Å². The van der Waals surface area contributed by atoms with E-state index in [1.54, 1.807) is 0 Å². The third kappa shape index (κ3) is 66.7. The van der Waals surface area contributed by atoms with Gasteiger partial charge in [0.15, 0.2) is 12.2 Å². The maximum atomic E-state index is 13.1. The van der Waals surface area contributed by atoms with E-state index >= 15 is 0 Å². The third-order valence-corrected chi connectivity index (χ3v) is 18.9. The molecule has 546 valence electrons. The van der Waals surface area contributed by atoms with Crippen LogP contribution in [-0.4, -0.2) is 96.7 Å². The Morgan fingerprint density at radius 3 is 0.739 bits per heavy atom. The summed E-state index contributed by atoms with van der Waals surface area (Å²) in [7, 11) is -9.90. The minimum atomic E-state index is -4.95. The number of carbonyl (C=O) groups is 4. The van der Waals surface area contributed by atoms with Gasteiger partial charge in [-0.25, -0.2) is 9.13 Å². The molecule has 0 aliphatic carbocycles. The number of unbranched alkanes of at least 4 members (excludes halogenated alkanes) is 42. The van der Waals surface area contributed by atoms with Gasteiger partial charge >= 0.3 is 39.5 Å². The number of carbonyl (C=O) groups excluding carboxylic acids is 4. The van der Waals surface area contributed by atoms with Crippen molar-refractivity contribution >= 4 is 39.5 Å². The lowest BCUT2D eigenvalue weighted by molar-refractivity contribution is -0.161. The molecule has 0 aromatic rings. The van der Waals surface area contributed by atoms with Gasteiger partial charge in [0.05, 0.1) is 26.4 Å². The Morgan fingerprint density at radius 2 is 0.500 bits per heavy atom. The molecule has 3 N–H and O–H groups in total. The second kappa shape index (κ2) is 65.0. The second-order valence-electron chi connectivity index (χ2n) is 27.3. The summed E-state index contributed by atoms with van der Waals surface area (Å²) in [6.07, 6.45) is 51.1. The van der Waals surface area contributed by atoms with Gasteiger partial charge in [-0.15, -0.1) is 0 Å². The summed E-state index contributed by atoms with van der Waals surface area (Å²) in [5, 5.41) is 10.6. The van der Waals surface area contributed by atoms with Crippen molar-refractivity contribution < 1.29 is 80.2 Å². The molecule has 0 spiro atoms. The highest BCUT2D eigenvalue weighted by Gasteiger charge is 2.30. The lowest BCUT2D eigenvalue weighted by atomic mass is 10.0. The molecule has 19 heteroatoms. The van der Waals surface area contributed by atoms with Crippen LogP contribution in [0.2, 0.25) is 0 Å². The van der Waals surface area contributed by atoms with E-state index < -0.39 is 97.5 Å². The minimum Gasteiger partial charge on any atom is -0.462 e. The molecule has 0 aliphatic rings. The van der Waals surface area contributed by atoms with Crippen LogP contribution in [0.15, 0.2) is 0 Å². The largest absolute Gasteiger partial charge is 0.472 e. The van der Waals surface area contributed by atoms with Gasteiger partial charge in [0.2, 0.25) is 0 Å². The maximum Gasteiger partial charge on any atom is 0.472 e. The monoisotopic (exact) mass is 1350 g/mol. The van der Waals surface area contributed by atoms with Crippen molar-refractivity contribution in [2.45, 2.75) is 394 Å². The van der Waals surface area contributed by atoms with E-state index in [1.165, 1.54) is 193 Å². The molecule has 17 nitrogen and oxygen atoms in total. The first kappa shape index (κ1) is 90.1. The van der Waals surface area contributed by atoms with Gasteiger partial charge in [-0.2, -0.15) is 0 Å². The van der Waals surface area contributed by atoms with Gasteiger partial charge in [-0.05, 0) is 37.5 Å². The van der Waals surface area contributed by atoms with Crippen LogP contribution in [0.4, 0.5) is 0 Å². The second-order valence-corrected chi connectivity index (χ2v) is 30.2. The van der Waals surface area contributed by atoms with Crippen LogP contribution in [0.1, 0.15) is 375 Å². The molecule has 0 saturated heterocycles. The van der Waals surface area contributed by atoms with E-state index in [9.17, 15) is 43.2 Å². The number of phosphoric acid groups is 2. The normalized spacial score (nSPS) is 14.1. The number of esters is 4. The average molecular weight is 1350 g/mol. The van der Waals surface area contributed by atoms with Gasteiger partial charge in [-0.1, -0.05) is 324 Å². The Labute approximate surface area is 562 Å². The fraction of sp³-hybridized carbons (Fsp3) is 0.945. The molecule has 0 rings (SSSR count). The fourth-order valence-corrected chi connectivity index (χ4v) is 12.7. The van der Waals surface area contributed by atoms with Crippen molar-refractivity contribution in [2.24, 2.45) is 11.8 Å². The Morgan fingerprint density at radius 1 is 0.293 bits per heavy atom. The summed E-state index contributed by atoms with van der Waals surface area (Å²) in [5.74, 6) is -0.572. The van der Waals surface area contributed by atoms with Crippen LogP contribution in [0.25, 0.3) is 0 Å². The number of aliphatic hydroxyl groups excluding tert-OH is 1. The summed E-state index contributed by atoms with van der Waals surface area (Å²) in [6, 6.07) is 0. The minimum absolute atomic E-state index is 0.107. The fourth-order valence-electron chi connectivity index (χ4n) is 11.1. The van der Waals surface area contributed by atoms with Gasteiger partial charge in [-0.3, -0.25) is 37.3 Å². The number of hydrogen-bond acceptors (Lipinski definition) is 15. The molecule has 0 aliphatic heterocycles. The van der Waals surface area contributed by atoms with Crippen LogP contribution in [0.5, 0.6) is 0 Å². The Balaban J connectivity index is 5.25. The number of phosphoric ester groups is 2. The summed E-state index contributed by atoms with van der Waals surface area (Å²) < 4.78 is 68.4. The highest BCUT2D eigenvalue weighted by atomic mass is 31.2. The van der Waals surface area contributed by atoms with Crippen molar-refractivity contribution in [1.82, 2.24) is 0 Å². The molecule has 5 atom stereocenters. The number of rotatable bonds is 72. The molecule has 0 radical (unpaired) electrons. The zero-order chi connectivity index (χ0) is 67.9. The molecule has 0 aromatic carbocycles. The number of ether oxygens (including phenoxy) is 4. The highest BCUT2D eigenvalue weighted by Crippen LogP contribution is 2.45. The van der Waals surface area contributed by atoms with Crippen molar-refractivity contribution in [2.75, 3.05) is 39.6 Å². The van der Waals surface area contributed by atoms with Crippen LogP contribution in [-0.2, 0) is 65.4 Å². The first-order chi connectivity index (χ1) is 44.4. The topological polar surface area (TPSA) is 237 Å². The standard InChI is InChI=1S/C73H142O17P2/c1-7-9-11-13-15-17-19-25-33-39-45-51-57-72(77)89-68(61-83-70(75)55-49-43-37-31-23-18-16-14-12-10-8-2)63-87-91(79,80)85-59-67(74)60-86-92(81,82)88-64-69(62-84-71(76)56-50-44-38-32-28-27-30-36-42-48-54-66(5)6)90-73(78)58-52-46-40-34-26-22-20-21-24-29-35-41-47-53-65(3)4/h65-69,74H,7-64H2,1-6H3,(H,79,80)(H,81,82)/t67-,68+,69+/m0/s1. The Bertz CT molecular complexity index is 1790. The molecular formula is C73H142O17P2. The molecule has 2 unspecified atom stereocenters. The van der Waals surface area contributed by atoms with E-state index in [4.69, 9.17) is 37.0 Å². The molecule has 92 heavy (non-hydrogen) atoms. The number of hydrogen-bond donors (Lipinski definition) is 3. The molecule has 0 bridgehead atoms. The van der Waals surface area contributed by atoms with E-state index in [0.29, 0.717) is 25.7 Å². The van der Waals surface area contributed by atoms with Crippen LogP contribution < -0.4 is 0 Å². The van der Waals surface area contributed by atoms with Gasteiger partial charge in [0.1, 0.15) is 19.3 Å². The summed E-state index contributed by atoms with van der Waals surface area (Å²) in [6.45, 7) is 9.58. The molecule has 0 saturated carbocycles. The first-order valence-corrected chi connectivity index (χ1v) is 41.0. The van der Waals surface area contributed by atoms with Gasteiger partial charge in [0.25, 0.3) is 0 Å². The van der Waals surface area contributed by atoms with E-state index in [0.717, 1.165) is 102 Å².